The number of ether oxygens (including phenoxy) is 1. The van der Waals surface area contributed by atoms with Crippen molar-refractivity contribution in [3.63, 3.8) is 0 Å². The summed E-state index contributed by atoms with van der Waals surface area (Å²) in [6.45, 7) is 8.27. The van der Waals surface area contributed by atoms with Crippen molar-refractivity contribution in [3.8, 4) is 11.4 Å². The predicted molar refractivity (Wildman–Crippen MR) is 132 cm³/mol. The molecule has 4 rings (SSSR count). The molecule has 0 saturated heterocycles. The zero-order valence-corrected chi connectivity index (χ0v) is 20.6. The number of rotatable bonds is 6. The molecular weight excluding hydrogens is 441 g/mol. The third-order valence-corrected chi connectivity index (χ3v) is 6.30. The summed E-state index contributed by atoms with van der Waals surface area (Å²) < 4.78 is 35.1. The van der Waals surface area contributed by atoms with Crippen LogP contribution in [0.2, 0.25) is 5.02 Å². The van der Waals surface area contributed by atoms with Crippen molar-refractivity contribution >= 4 is 18.7 Å². The van der Waals surface area contributed by atoms with Crippen molar-refractivity contribution in [2.45, 2.75) is 78.2 Å². The van der Waals surface area contributed by atoms with E-state index >= 15 is 0 Å². The molecule has 1 saturated carbocycles. The van der Waals surface area contributed by atoms with Gasteiger partial charge in [0.25, 0.3) is 0 Å². The Morgan fingerprint density at radius 2 is 1.67 bits per heavy atom. The SMILES string of the molecule is CC.CCc1cc(Cl)ccc1-n1c(CC)bnc1C1CCC(Oc2cc(F)cc(F)c2)CC1. The quantitative estimate of drug-likeness (QED) is 0.374. The summed E-state index contributed by atoms with van der Waals surface area (Å²) in [4.78, 5) is 4.81. The fraction of sp³-hybridized carbons (Fsp3) is 0.462. The monoisotopic (exact) mass is 472 g/mol. The Labute approximate surface area is 201 Å². The van der Waals surface area contributed by atoms with Gasteiger partial charge in [0.1, 0.15) is 0 Å². The Kier molecular flexibility index (Phi) is 9.07. The molecule has 2 aromatic carbocycles. The van der Waals surface area contributed by atoms with Gasteiger partial charge in [-0.25, -0.2) is 0 Å². The van der Waals surface area contributed by atoms with Gasteiger partial charge in [-0.2, -0.15) is 0 Å². The van der Waals surface area contributed by atoms with E-state index in [0.717, 1.165) is 61.1 Å². The third kappa shape index (κ3) is 6.03. The van der Waals surface area contributed by atoms with Crippen LogP contribution in [0.25, 0.3) is 5.69 Å². The standard InChI is InChI=1S/C24H26BClF2N2O.C2H6/c1-3-15-11-17(26)7-10-22(15)30-23(4-2)25-29-24(30)16-5-8-20(9-6-16)31-21-13-18(27)12-19(28)14-21;1-2/h7,10-14,16,20H,3-6,8-9H2,1-2H3;1-2H3. The first-order valence-electron chi connectivity index (χ1n) is 12.0. The van der Waals surface area contributed by atoms with Crippen LogP contribution in [0, 0.1) is 11.6 Å². The molecule has 0 atom stereocenters. The fourth-order valence-electron chi connectivity index (χ4n) is 4.50. The van der Waals surface area contributed by atoms with Gasteiger partial charge in [0.2, 0.25) is 0 Å². The van der Waals surface area contributed by atoms with Crippen molar-refractivity contribution in [1.82, 2.24) is 9.46 Å². The van der Waals surface area contributed by atoms with Crippen LogP contribution in [0.4, 0.5) is 8.78 Å². The number of nitrogens with zero attached hydrogens (tertiary/aromatic N) is 2. The molecule has 0 aliphatic heterocycles. The Balaban J connectivity index is 0.00000149. The van der Waals surface area contributed by atoms with Crippen LogP contribution in [0.1, 0.15) is 76.3 Å². The van der Waals surface area contributed by atoms with Gasteiger partial charge in [-0.1, -0.05) is 13.8 Å². The van der Waals surface area contributed by atoms with E-state index in [1.54, 1.807) is 0 Å². The van der Waals surface area contributed by atoms with Crippen LogP contribution in [0.5, 0.6) is 5.75 Å². The van der Waals surface area contributed by atoms with Crippen molar-refractivity contribution in [2.24, 2.45) is 0 Å². The average molecular weight is 473 g/mol. The van der Waals surface area contributed by atoms with E-state index in [1.807, 2.05) is 33.0 Å². The number of halogens is 3. The zero-order chi connectivity index (χ0) is 24.0. The molecule has 1 aliphatic carbocycles. The molecule has 33 heavy (non-hydrogen) atoms. The predicted octanol–water partition coefficient (Wildman–Crippen LogP) is 7.40. The first kappa shape index (κ1) is 25.4. The van der Waals surface area contributed by atoms with Gasteiger partial charge in [-0.05, 0) is 0 Å². The summed E-state index contributed by atoms with van der Waals surface area (Å²) in [6.07, 6.45) is 5.20. The van der Waals surface area contributed by atoms with Crippen LogP contribution in [-0.4, -0.2) is 22.6 Å². The number of hydrogen-bond acceptors (Lipinski definition) is 2. The molecule has 0 amide bonds. The van der Waals surface area contributed by atoms with Gasteiger partial charge >= 0.3 is 187 Å². The first-order valence-corrected chi connectivity index (χ1v) is 12.3. The molecule has 0 bridgehead atoms. The molecule has 1 fully saturated rings. The molecular formula is C26H32BClF2N2O. The molecule has 3 aromatic rings. The number of aromatic nitrogens is 2. The summed E-state index contributed by atoms with van der Waals surface area (Å²) in [5, 5.41) is 0.742. The molecule has 176 valence electrons. The summed E-state index contributed by atoms with van der Waals surface area (Å²) in [5.74, 6) is 0.401. The molecule has 1 aromatic heterocycles. The van der Waals surface area contributed by atoms with Gasteiger partial charge in [-0.3, -0.25) is 0 Å². The maximum atomic E-state index is 13.5. The normalized spacial score (nSPS) is 17.8. The third-order valence-electron chi connectivity index (χ3n) is 6.07. The molecule has 1 aliphatic rings. The van der Waals surface area contributed by atoms with Crippen LogP contribution >= 0.6 is 11.6 Å². The van der Waals surface area contributed by atoms with E-state index in [-0.39, 0.29) is 11.9 Å². The molecule has 0 unspecified atom stereocenters. The van der Waals surface area contributed by atoms with Crippen LogP contribution < -0.4 is 4.74 Å². The Morgan fingerprint density at radius 1 is 1.00 bits per heavy atom. The first-order chi connectivity index (χ1) is 16.0. The Bertz CT molecular complexity index is 1040. The molecule has 0 N–H and O–H groups in total. The fourth-order valence-corrected chi connectivity index (χ4v) is 4.70. The Morgan fingerprint density at radius 3 is 2.27 bits per heavy atom. The maximum absolute atomic E-state index is 13.5. The van der Waals surface area contributed by atoms with Crippen LogP contribution in [-0.2, 0) is 12.8 Å². The molecule has 1 heterocycles. The van der Waals surface area contributed by atoms with Gasteiger partial charge in [0, 0.05) is 0 Å². The summed E-state index contributed by atoms with van der Waals surface area (Å²) in [6, 6.07) is 9.38. The van der Waals surface area contributed by atoms with Crippen molar-refractivity contribution in [2.75, 3.05) is 0 Å². The molecule has 0 spiro atoms. The Hall–Kier alpha value is -2.21. The zero-order valence-electron chi connectivity index (χ0n) is 19.9. The number of aryl methyl sites for hydroxylation is 2. The number of benzene rings is 2. The second-order valence-corrected chi connectivity index (χ2v) is 8.56. The summed E-state index contributed by atoms with van der Waals surface area (Å²) in [5.41, 5.74) is 3.53. The van der Waals surface area contributed by atoms with E-state index in [9.17, 15) is 8.78 Å². The second kappa shape index (κ2) is 11.8. The summed E-state index contributed by atoms with van der Waals surface area (Å²) >= 11 is 6.24. The molecule has 7 heteroatoms. The molecule has 0 radical (unpaired) electrons. The van der Waals surface area contributed by atoms with Gasteiger partial charge in [0.05, 0.1) is 0 Å². The minimum atomic E-state index is -0.618. The van der Waals surface area contributed by atoms with E-state index in [2.05, 4.69) is 24.5 Å². The van der Waals surface area contributed by atoms with Crippen molar-refractivity contribution < 1.29 is 13.5 Å². The van der Waals surface area contributed by atoms with Gasteiger partial charge < -0.3 is 0 Å². The number of hydrogen-bond donors (Lipinski definition) is 0. The summed E-state index contributed by atoms with van der Waals surface area (Å²) in [7, 11) is 1.97. The average Bonchev–Trinajstić information content (AvgIpc) is 3.24. The van der Waals surface area contributed by atoms with Crippen molar-refractivity contribution in [1.29, 1.82) is 0 Å². The minimum absolute atomic E-state index is 0.0479. The van der Waals surface area contributed by atoms with E-state index in [4.69, 9.17) is 21.2 Å². The topological polar surface area (TPSA) is 27.1 Å². The van der Waals surface area contributed by atoms with Gasteiger partial charge in [-0.15, -0.1) is 0 Å². The van der Waals surface area contributed by atoms with Gasteiger partial charge in [0.15, 0.2) is 0 Å². The van der Waals surface area contributed by atoms with Crippen LogP contribution in [0.3, 0.4) is 0 Å². The van der Waals surface area contributed by atoms with Crippen molar-refractivity contribution in [3.05, 3.63) is 70.0 Å². The van der Waals surface area contributed by atoms with E-state index < -0.39 is 11.6 Å². The van der Waals surface area contributed by atoms with Crippen LogP contribution in [0.15, 0.2) is 36.4 Å². The molecule has 3 nitrogen and oxygen atoms in total. The second-order valence-electron chi connectivity index (χ2n) is 8.12. The van der Waals surface area contributed by atoms with E-state index in [1.165, 1.54) is 23.3 Å². The van der Waals surface area contributed by atoms with E-state index in [0.29, 0.717) is 5.92 Å².